The largest absolute Gasteiger partial charge is 0.417 e. The topological polar surface area (TPSA) is 90.5 Å². The van der Waals surface area contributed by atoms with Crippen molar-refractivity contribution in [2.75, 3.05) is 5.32 Å². The van der Waals surface area contributed by atoms with Crippen molar-refractivity contribution in [1.82, 2.24) is 29.5 Å². The Morgan fingerprint density at radius 1 is 1.09 bits per heavy atom. The molecule has 0 aliphatic heterocycles. The number of aromatic nitrogens is 6. The highest BCUT2D eigenvalue weighted by atomic mass is 32.2. The molecule has 4 aromatic rings. The van der Waals surface area contributed by atoms with Crippen molar-refractivity contribution in [2.45, 2.75) is 23.2 Å². The third-order valence-electron chi connectivity index (χ3n) is 4.54. The van der Waals surface area contributed by atoms with Crippen LogP contribution in [0.2, 0.25) is 0 Å². The van der Waals surface area contributed by atoms with E-state index in [0.717, 1.165) is 22.3 Å². The van der Waals surface area contributed by atoms with Gasteiger partial charge < -0.3 is 9.88 Å². The molecule has 12 heteroatoms. The van der Waals surface area contributed by atoms with Crippen LogP contribution in [0.5, 0.6) is 0 Å². The van der Waals surface area contributed by atoms with Crippen LogP contribution in [0.15, 0.2) is 65.2 Å². The van der Waals surface area contributed by atoms with Gasteiger partial charge in [0.05, 0.1) is 23.0 Å². The summed E-state index contributed by atoms with van der Waals surface area (Å²) in [6, 6.07) is 9.33. The highest BCUT2D eigenvalue weighted by molar-refractivity contribution is 7.99. The van der Waals surface area contributed by atoms with Gasteiger partial charge in [-0.15, -0.1) is 10.2 Å². The molecular formula is C20H16F3N7OS. The monoisotopic (exact) mass is 459 g/mol. The molecule has 1 aromatic carbocycles. The molecule has 1 N–H and O–H groups in total. The Kier molecular flexibility index (Phi) is 5.70. The van der Waals surface area contributed by atoms with E-state index in [0.29, 0.717) is 11.4 Å². The zero-order chi connectivity index (χ0) is 22.9. The lowest BCUT2D eigenvalue weighted by Crippen LogP contribution is -2.13. The molecule has 0 fully saturated rings. The molecule has 0 saturated carbocycles. The first-order valence-electron chi connectivity index (χ1n) is 9.24. The first-order valence-corrected chi connectivity index (χ1v) is 10.1. The molecule has 164 valence electrons. The Hall–Kier alpha value is -3.67. The maximum absolute atomic E-state index is 12.7. The number of anilines is 1. The van der Waals surface area contributed by atoms with Crippen molar-refractivity contribution >= 4 is 23.4 Å². The van der Waals surface area contributed by atoms with E-state index < -0.39 is 17.6 Å². The summed E-state index contributed by atoms with van der Waals surface area (Å²) in [5.41, 5.74) is 0.454. The van der Waals surface area contributed by atoms with Crippen molar-refractivity contribution in [3.05, 3.63) is 71.9 Å². The summed E-state index contributed by atoms with van der Waals surface area (Å²) in [5, 5.41) is 15.5. The number of nitrogens with zero attached hydrogens (tertiary/aromatic N) is 6. The lowest BCUT2D eigenvalue weighted by Gasteiger charge is -2.09. The van der Waals surface area contributed by atoms with Gasteiger partial charge in [0.2, 0.25) is 0 Å². The van der Waals surface area contributed by atoms with Gasteiger partial charge in [-0.05, 0) is 55.1 Å². The van der Waals surface area contributed by atoms with Crippen LogP contribution in [0.25, 0.3) is 5.82 Å². The Bertz CT molecular complexity index is 1250. The summed E-state index contributed by atoms with van der Waals surface area (Å²) in [6.07, 6.45) is -0.781. The Balaban J connectivity index is 1.46. The SMILES string of the molecule is Cc1c(C(=O)Nc2ccc(Sc3nncn3C)cc2)cnn1-c1ccc(C(F)(F)F)cn1. The highest BCUT2D eigenvalue weighted by Crippen LogP contribution is 2.29. The second-order valence-corrected chi connectivity index (χ2v) is 7.80. The predicted molar refractivity (Wildman–Crippen MR) is 111 cm³/mol. The normalized spacial score (nSPS) is 11.5. The summed E-state index contributed by atoms with van der Waals surface area (Å²) in [4.78, 5) is 17.4. The van der Waals surface area contributed by atoms with Gasteiger partial charge >= 0.3 is 6.18 Å². The molecule has 0 radical (unpaired) electrons. The van der Waals surface area contributed by atoms with Crippen molar-refractivity contribution in [3.63, 3.8) is 0 Å². The number of hydrogen-bond acceptors (Lipinski definition) is 6. The lowest BCUT2D eigenvalue weighted by atomic mass is 10.2. The van der Waals surface area contributed by atoms with E-state index in [2.05, 4.69) is 25.6 Å². The number of hydrogen-bond donors (Lipinski definition) is 1. The first kappa shape index (κ1) is 21.6. The summed E-state index contributed by atoms with van der Waals surface area (Å²) >= 11 is 1.44. The number of benzene rings is 1. The van der Waals surface area contributed by atoms with E-state index >= 15 is 0 Å². The van der Waals surface area contributed by atoms with Gasteiger partial charge in [-0.3, -0.25) is 4.79 Å². The van der Waals surface area contributed by atoms with Crippen LogP contribution >= 0.6 is 11.8 Å². The van der Waals surface area contributed by atoms with Crippen LogP contribution < -0.4 is 5.32 Å². The van der Waals surface area contributed by atoms with Crippen molar-refractivity contribution in [3.8, 4) is 5.82 Å². The minimum atomic E-state index is -4.47. The molecule has 32 heavy (non-hydrogen) atoms. The van der Waals surface area contributed by atoms with Gasteiger partial charge in [-0.25, -0.2) is 9.67 Å². The molecule has 0 atom stereocenters. The smallest absolute Gasteiger partial charge is 0.322 e. The zero-order valence-electron chi connectivity index (χ0n) is 16.8. The Labute approximate surface area is 184 Å². The summed E-state index contributed by atoms with van der Waals surface area (Å²) in [7, 11) is 1.85. The molecule has 8 nitrogen and oxygen atoms in total. The van der Waals surface area contributed by atoms with Crippen LogP contribution in [-0.2, 0) is 13.2 Å². The van der Waals surface area contributed by atoms with Crippen molar-refractivity contribution < 1.29 is 18.0 Å². The number of rotatable bonds is 5. The number of pyridine rings is 1. The van der Waals surface area contributed by atoms with Gasteiger partial charge in [0.25, 0.3) is 5.91 Å². The zero-order valence-corrected chi connectivity index (χ0v) is 17.6. The number of nitrogens with one attached hydrogen (secondary N) is 1. The fraction of sp³-hybridized carbons (Fsp3) is 0.150. The van der Waals surface area contributed by atoms with Crippen LogP contribution in [0.1, 0.15) is 21.6 Å². The molecule has 3 heterocycles. The number of carbonyl (C=O) groups is 1. The molecule has 0 aliphatic rings. The Morgan fingerprint density at radius 2 is 1.84 bits per heavy atom. The predicted octanol–water partition coefficient (Wildman–Crippen LogP) is 4.13. The number of aryl methyl sites for hydroxylation is 1. The molecule has 0 aliphatic carbocycles. The van der Waals surface area contributed by atoms with E-state index in [1.807, 2.05) is 19.2 Å². The third kappa shape index (κ3) is 4.49. The average molecular weight is 459 g/mol. The molecule has 4 rings (SSSR count). The molecule has 0 spiro atoms. The standard InChI is InChI=1S/C20H16F3N7OS/c1-12-16(10-26-30(12)17-8-3-13(9-24-17)20(21,22)23)18(31)27-14-4-6-15(7-5-14)32-19-28-25-11-29(19)2/h3-11H,1-2H3,(H,27,31). The number of carbonyl (C=O) groups excluding carboxylic acids is 1. The quantitative estimate of drug-likeness (QED) is 0.483. The van der Waals surface area contributed by atoms with E-state index in [1.165, 1.54) is 28.7 Å². The number of alkyl halides is 3. The minimum Gasteiger partial charge on any atom is -0.322 e. The Morgan fingerprint density at radius 3 is 2.44 bits per heavy atom. The van der Waals surface area contributed by atoms with Crippen molar-refractivity contribution in [2.24, 2.45) is 7.05 Å². The van der Waals surface area contributed by atoms with Crippen LogP contribution in [0.4, 0.5) is 18.9 Å². The second kappa shape index (κ2) is 8.46. The first-order chi connectivity index (χ1) is 15.2. The molecule has 0 unspecified atom stereocenters. The second-order valence-electron chi connectivity index (χ2n) is 6.76. The van der Waals surface area contributed by atoms with Gasteiger partial charge in [-0.1, -0.05) is 0 Å². The van der Waals surface area contributed by atoms with Gasteiger partial charge in [0, 0.05) is 23.8 Å². The summed E-state index contributed by atoms with van der Waals surface area (Å²) in [5.74, 6) is -0.214. The highest BCUT2D eigenvalue weighted by Gasteiger charge is 2.30. The third-order valence-corrected chi connectivity index (χ3v) is 5.60. The molecule has 3 aromatic heterocycles. The van der Waals surface area contributed by atoms with Gasteiger partial charge in [-0.2, -0.15) is 18.3 Å². The van der Waals surface area contributed by atoms with Gasteiger partial charge in [0.1, 0.15) is 6.33 Å². The lowest BCUT2D eigenvalue weighted by molar-refractivity contribution is -0.137. The van der Waals surface area contributed by atoms with E-state index in [-0.39, 0.29) is 11.4 Å². The van der Waals surface area contributed by atoms with E-state index in [4.69, 9.17) is 0 Å². The van der Waals surface area contributed by atoms with Crippen molar-refractivity contribution in [1.29, 1.82) is 0 Å². The molecule has 1 amide bonds. The average Bonchev–Trinajstić information content (AvgIpc) is 3.34. The maximum atomic E-state index is 12.7. The maximum Gasteiger partial charge on any atom is 0.417 e. The van der Waals surface area contributed by atoms with E-state index in [1.54, 1.807) is 30.0 Å². The van der Waals surface area contributed by atoms with Gasteiger partial charge in [0.15, 0.2) is 11.0 Å². The summed E-state index contributed by atoms with van der Waals surface area (Å²) < 4.78 is 41.3. The molecular weight excluding hydrogens is 443 g/mol. The summed E-state index contributed by atoms with van der Waals surface area (Å²) in [6.45, 7) is 1.64. The van der Waals surface area contributed by atoms with Crippen LogP contribution in [0.3, 0.4) is 0 Å². The molecule has 0 bridgehead atoms. The minimum absolute atomic E-state index is 0.180. The van der Waals surface area contributed by atoms with E-state index in [9.17, 15) is 18.0 Å². The number of amides is 1. The fourth-order valence-corrected chi connectivity index (χ4v) is 3.58. The molecule has 0 saturated heterocycles. The fourth-order valence-electron chi connectivity index (χ4n) is 2.82. The number of halogens is 3. The van der Waals surface area contributed by atoms with Crippen LogP contribution in [0, 0.1) is 6.92 Å². The van der Waals surface area contributed by atoms with Crippen LogP contribution in [-0.4, -0.2) is 35.4 Å².